The Hall–Kier alpha value is -2.58. The van der Waals surface area contributed by atoms with Crippen molar-refractivity contribution in [1.29, 1.82) is 0 Å². The Kier molecular flexibility index (Phi) is 5.62. The van der Waals surface area contributed by atoms with Gasteiger partial charge in [-0.25, -0.2) is 13.2 Å². The van der Waals surface area contributed by atoms with E-state index in [1.807, 2.05) is 6.92 Å². The van der Waals surface area contributed by atoms with Gasteiger partial charge in [-0.05, 0) is 49.2 Å². The Bertz CT molecular complexity index is 1050. The molecule has 0 atom stereocenters. The van der Waals surface area contributed by atoms with E-state index in [1.165, 1.54) is 19.2 Å². The first-order valence-corrected chi connectivity index (χ1v) is 10.4. The molecular weight excluding hydrogens is 404 g/mol. The molecule has 3 rings (SSSR count). The smallest absolute Gasteiger partial charge is 0.339 e. The van der Waals surface area contributed by atoms with Crippen LogP contribution in [0.5, 0.6) is 0 Å². The summed E-state index contributed by atoms with van der Waals surface area (Å²) >= 11 is 5.95. The normalized spacial score (nSPS) is 14.2. The summed E-state index contributed by atoms with van der Waals surface area (Å²) < 4.78 is 32.6. The standard InChI is InChI=1S/C19H19ClN2O5S/c1-12-5-6-13(10-17(12)22-9-3-4-18(22)23)21-28(25,26)14-7-8-16(20)15(11-14)19(24)27-2/h5-8,10-11,21H,3-4,9H2,1-2H3. The third-order valence-corrected chi connectivity index (χ3v) is 6.19. The van der Waals surface area contributed by atoms with Gasteiger partial charge < -0.3 is 9.64 Å². The molecule has 1 heterocycles. The number of carbonyl (C=O) groups excluding carboxylic acids is 2. The molecule has 0 saturated carbocycles. The zero-order chi connectivity index (χ0) is 20.5. The monoisotopic (exact) mass is 422 g/mol. The van der Waals surface area contributed by atoms with Crippen LogP contribution in [0.2, 0.25) is 5.02 Å². The fourth-order valence-electron chi connectivity index (χ4n) is 3.02. The molecule has 0 bridgehead atoms. The van der Waals surface area contributed by atoms with Gasteiger partial charge in [0.25, 0.3) is 10.0 Å². The van der Waals surface area contributed by atoms with Gasteiger partial charge in [0.1, 0.15) is 0 Å². The average Bonchev–Trinajstić information content (AvgIpc) is 3.08. The number of nitrogens with zero attached hydrogens (tertiary/aromatic N) is 1. The van der Waals surface area contributed by atoms with Gasteiger partial charge in [0, 0.05) is 18.7 Å². The van der Waals surface area contributed by atoms with Crippen molar-refractivity contribution >= 4 is 44.9 Å². The lowest BCUT2D eigenvalue weighted by Gasteiger charge is -2.20. The van der Waals surface area contributed by atoms with E-state index in [0.29, 0.717) is 24.3 Å². The van der Waals surface area contributed by atoms with E-state index in [9.17, 15) is 18.0 Å². The summed E-state index contributed by atoms with van der Waals surface area (Å²) in [6.07, 6.45) is 1.26. The zero-order valence-electron chi connectivity index (χ0n) is 15.4. The largest absolute Gasteiger partial charge is 0.465 e. The van der Waals surface area contributed by atoms with E-state index >= 15 is 0 Å². The maximum Gasteiger partial charge on any atom is 0.339 e. The summed E-state index contributed by atoms with van der Waals surface area (Å²) in [7, 11) is -2.79. The van der Waals surface area contributed by atoms with Gasteiger partial charge in [0.05, 0.1) is 28.3 Å². The number of halogens is 1. The van der Waals surface area contributed by atoms with Crippen molar-refractivity contribution in [3.8, 4) is 0 Å². The van der Waals surface area contributed by atoms with Crippen LogP contribution in [0, 0.1) is 6.92 Å². The maximum absolute atomic E-state index is 12.8. The van der Waals surface area contributed by atoms with Crippen LogP contribution >= 0.6 is 11.6 Å². The number of methoxy groups -OCH3 is 1. The van der Waals surface area contributed by atoms with Crippen LogP contribution in [-0.4, -0.2) is 33.9 Å². The Labute approximate surface area is 168 Å². The van der Waals surface area contributed by atoms with E-state index in [2.05, 4.69) is 9.46 Å². The lowest BCUT2D eigenvalue weighted by atomic mass is 10.1. The summed E-state index contributed by atoms with van der Waals surface area (Å²) in [5.41, 5.74) is 1.82. The topological polar surface area (TPSA) is 92.8 Å². The lowest BCUT2D eigenvalue weighted by molar-refractivity contribution is -0.117. The van der Waals surface area contributed by atoms with Crippen LogP contribution in [-0.2, 0) is 19.6 Å². The fourth-order valence-corrected chi connectivity index (χ4v) is 4.29. The van der Waals surface area contributed by atoms with E-state index in [4.69, 9.17) is 11.6 Å². The molecule has 28 heavy (non-hydrogen) atoms. The van der Waals surface area contributed by atoms with Crippen LogP contribution in [0.25, 0.3) is 0 Å². The van der Waals surface area contributed by atoms with Crippen molar-refractivity contribution in [1.82, 2.24) is 0 Å². The van der Waals surface area contributed by atoms with E-state index in [1.54, 1.807) is 23.1 Å². The van der Waals surface area contributed by atoms with Gasteiger partial charge in [0.2, 0.25) is 5.91 Å². The first kappa shape index (κ1) is 20.2. The Morgan fingerprint density at radius 2 is 1.96 bits per heavy atom. The molecule has 1 aliphatic rings. The summed E-state index contributed by atoms with van der Waals surface area (Å²) in [4.78, 5) is 25.3. The molecule has 7 nitrogen and oxygen atoms in total. The second kappa shape index (κ2) is 7.81. The molecule has 1 aliphatic heterocycles. The first-order valence-electron chi connectivity index (χ1n) is 8.54. The number of carbonyl (C=O) groups is 2. The van der Waals surface area contributed by atoms with Crippen molar-refractivity contribution in [2.75, 3.05) is 23.3 Å². The summed E-state index contributed by atoms with van der Waals surface area (Å²) in [6, 6.07) is 8.79. The number of nitrogens with one attached hydrogen (secondary N) is 1. The molecule has 1 saturated heterocycles. The van der Waals surface area contributed by atoms with Crippen molar-refractivity contribution in [3.63, 3.8) is 0 Å². The molecule has 0 spiro atoms. The van der Waals surface area contributed by atoms with Crippen molar-refractivity contribution in [2.45, 2.75) is 24.7 Å². The number of sulfonamides is 1. The number of hydrogen-bond acceptors (Lipinski definition) is 5. The molecule has 0 radical (unpaired) electrons. The quantitative estimate of drug-likeness (QED) is 0.746. The highest BCUT2D eigenvalue weighted by atomic mass is 35.5. The van der Waals surface area contributed by atoms with Gasteiger partial charge in [-0.2, -0.15) is 0 Å². The van der Waals surface area contributed by atoms with Gasteiger partial charge in [-0.15, -0.1) is 0 Å². The SMILES string of the molecule is COC(=O)c1cc(S(=O)(=O)Nc2ccc(C)c(N3CCCC3=O)c2)ccc1Cl. The van der Waals surface area contributed by atoms with Gasteiger partial charge in [-0.3, -0.25) is 9.52 Å². The second-order valence-corrected chi connectivity index (χ2v) is 8.48. The minimum atomic E-state index is -3.98. The Morgan fingerprint density at radius 3 is 2.61 bits per heavy atom. The minimum Gasteiger partial charge on any atom is -0.465 e. The summed E-state index contributed by atoms with van der Waals surface area (Å²) in [6.45, 7) is 2.47. The predicted molar refractivity (Wildman–Crippen MR) is 106 cm³/mol. The molecule has 1 amide bonds. The fraction of sp³-hybridized carbons (Fsp3) is 0.263. The van der Waals surface area contributed by atoms with E-state index in [0.717, 1.165) is 18.1 Å². The molecule has 2 aromatic carbocycles. The maximum atomic E-state index is 12.8. The summed E-state index contributed by atoms with van der Waals surface area (Å²) in [5.74, 6) is -0.712. The van der Waals surface area contributed by atoms with Gasteiger partial charge >= 0.3 is 5.97 Å². The van der Waals surface area contributed by atoms with Crippen LogP contribution in [0.4, 0.5) is 11.4 Å². The molecule has 2 aromatic rings. The molecule has 0 aliphatic carbocycles. The zero-order valence-corrected chi connectivity index (χ0v) is 16.9. The van der Waals surface area contributed by atoms with Crippen molar-refractivity contribution < 1.29 is 22.7 Å². The Morgan fingerprint density at radius 1 is 1.21 bits per heavy atom. The molecule has 9 heteroatoms. The van der Waals surface area contributed by atoms with Crippen molar-refractivity contribution in [2.24, 2.45) is 0 Å². The highest BCUT2D eigenvalue weighted by Crippen LogP contribution is 2.29. The molecule has 0 unspecified atom stereocenters. The highest BCUT2D eigenvalue weighted by molar-refractivity contribution is 7.92. The minimum absolute atomic E-state index is 0.0172. The number of rotatable bonds is 5. The van der Waals surface area contributed by atoms with Gasteiger partial charge in [0.15, 0.2) is 0 Å². The first-order chi connectivity index (χ1) is 13.2. The predicted octanol–water partition coefficient (Wildman–Crippen LogP) is 3.36. The highest BCUT2D eigenvalue weighted by Gasteiger charge is 2.24. The summed E-state index contributed by atoms with van der Waals surface area (Å²) in [5, 5.41) is 0.0935. The molecule has 148 valence electrons. The average molecular weight is 423 g/mol. The number of ether oxygens (including phenoxy) is 1. The van der Waals surface area contributed by atoms with Crippen LogP contribution < -0.4 is 9.62 Å². The number of esters is 1. The number of hydrogen-bond donors (Lipinski definition) is 1. The van der Waals surface area contributed by atoms with Crippen LogP contribution in [0.3, 0.4) is 0 Å². The molecular formula is C19H19ClN2O5S. The third kappa shape index (κ3) is 3.98. The second-order valence-electron chi connectivity index (χ2n) is 6.39. The van der Waals surface area contributed by atoms with Crippen molar-refractivity contribution in [3.05, 3.63) is 52.5 Å². The molecule has 0 aromatic heterocycles. The third-order valence-electron chi connectivity index (χ3n) is 4.48. The lowest BCUT2D eigenvalue weighted by Crippen LogP contribution is -2.24. The number of anilines is 2. The van der Waals surface area contributed by atoms with Gasteiger partial charge in [-0.1, -0.05) is 17.7 Å². The number of benzene rings is 2. The van der Waals surface area contributed by atoms with E-state index in [-0.39, 0.29) is 21.4 Å². The van der Waals surface area contributed by atoms with Crippen LogP contribution in [0.15, 0.2) is 41.3 Å². The molecule has 1 fully saturated rings. The van der Waals surface area contributed by atoms with Crippen LogP contribution in [0.1, 0.15) is 28.8 Å². The number of aryl methyl sites for hydroxylation is 1. The Balaban J connectivity index is 1.93. The van der Waals surface area contributed by atoms with E-state index < -0.39 is 16.0 Å². The molecule has 1 N–H and O–H groups in total. The number of amides is 1.